The van der Waals surface area contributed by atoms with Gasteiger partial charge in [-0.15, -0.1) is 0 Å². The summed E-state index contributed by atoms with van der Waals surface area (Å²) < 4.78 is 17.9. The highest BCUT2D eigenvalue weighted by Crippen LogP contribution is 2.36. The summed E-state index contributed by atoms with van der Waals surface area (Å²) in [5.74, 6) is 0.920. The number of anilines is 2. The summed E-state index contributed by atoms with van der Waals surface area (Å²) in [6.45, 7) is 5.21. The number of alkyl halides is 1. The van der Waals surface area contributed by atoms with Crippen LogP contribution in [0.1, 0.15) is 49.1 Å². The Morgan fingerprint density at radius 2 is 1.88 bits per heavy atom. The highest BCUT2D eigenvalue weighted by molar-refractivity contribution is 6.36. The molecular formula is C37H44ClFN8O2. The van der Waals surface area contributed by atoms with Gasteiger partial charge in [0.15, 0.2) is 0 Å². The molecule has 0 bridgehead atoms. The summed E-state index contributed by atoms with van der Waals surface area (Å²) in [6, 6.07) is 15.1. The van der Waals surface area contributed by atoms with Crippen LogP contribution in [0.15, 0.2) is 61.1 Å². The Morgan fingerprint density at radius 3 is 2.61 bits per heavy atom. The predicted molar refractivity (Wildman–Crippen MR) is 193 cm³/mol. The van der Waals surface area contributed by atoms with Crippen molar-refractivity contribution in [2.75, 3.05) is 57.1 Å². The number of hydrogen-bond donors (Lipinski definition) is 1. The second-order valence-electron chi connectivity index (χ2n) is 12.6. The third-order valence-corrected chi connectivity index (χ3v) is 9.83. The van der Waals surface area contributed by atoms with Crippen molar-refractivity contribution in [1.82, 2.24) is 29.7 Å². The number of nitrogens with one attached hydrogen (secondary N) is 1. The van der Waals surface area contributed by atoms with Gasteiger partial charge in [-0.25, -0.2) is 14.4 Å². The molecule has 0 aliphatic carbocycles. The van der Waals surface area contributed by atoms with E-state index in [2.05, 4.69) is 59.3 Å². The first kappa shape index (κ1) is 34.5. The van der Waals surface area contributed by atoms with Gasteiger partial charge in [-0.1, -0.05) is 35.9 Å². The van der Waals surface area contributed by atoms with Crippen LogP contribution in [0, 0.1) is 0 Å². The third kappa shape index (κ3) is 8.45. The Bertz CT molecular complexity index is 1740. The first-order valence-electron chi connectivity index (χ1n) is 17.1. The summed E-state index contributed by atoms with van der Waals surface area (Å²) in [4.78, 5) is 34.9. The van der Waals surface area contributed by atoms with Crippen LogP contribution < -0.4 is 15.0 Å². The highest BCUT2D eigenvalue weighted by Gasteiger charge is 2.34. The zero-order valence-electron chi connectivity index (χ0n) is 28.2. The lowest BCUT2D eigenvalue weighted by Gasteiger charge is -2.31. The van der Waals surface area contributed by atoms with E-state index in [1.807, 2.05) is 24.1 Å². The molecule has 49 heavy (non-hydrogen) atoms. The molecule has 2 aromatic carbocycles. The van der Waals surface area contributed by atoms with E-state index in [-0.39, 0.29) is 5.91 Å². The number of fused-ring (bicyclic) bond motifs is 3. The van der Waals surface area contributed by atoms with Gasteiger partial charge in [0.1, 0.15) is 18.3 Å². The van der Waals surface area contributed by atoms with E-state index in [0.717, 1.165) is 96.1 Å². The first-order valence-corrected chi connectivity index (χ1v) is 17.5. The predicted octanol–water partition coefficient (Wildman–Crippen LogP) is 6.20. The van der Waals surface area contributed by atoms with Crippen LogP contribution in [0.4, 0.5) is 15.9 Å². The summed E-state index contributed by atoms with van der Waals surface area (Å²) in [5, 5.41) is 6.16. The van der Waals surface area contributed by atoms with Crippen LogP contribution >= 0.6 is 11.6 Å². The normalized spacial score (nSPS) is 19.9. The monoisotopic (exact) mass is 686 g/mol. The number of aromatic nitrogens is 4. The Labute approximate surface area is 292 Å². The number of carbonyl (C=O) groups is 1. The molecule has 1 amide bonds. The smallest absolute Gasteiger partial charge is 0.318 e. The number of amides is 1. The summed E-state index contributed by atoms with van der Waals surface area (Å²) in [5.41, 5.74) is 4.05. The Balaban J connectivity index is 0.000000146. The maximum Gasteiger partial charge on any atom is 0.318 e. The van der Waals surface area contributed by atoms with Gasteiger partial charge in [-0.3, -0.25) is 9.69 Å². The number of benzene rings is 2. The zero-order valence-corrected chi connectivity index (χ0v) is 28.9. The van der Waals surface area contributed by atoms with Gasteiger partial charge in [0, 0.05) is 68.2 Å². The largest absolute Gasteiger partial charge is 0.467 e. The van der Waals surface area contributed by atoms with Gasteiger partial charge in [-0.2, -0.15) is 9.97 Å². The van der Waals surface area contributed by atoms with Crippen molar-refractivity contribution in [3.8, 4) is 6.01 Å². The quantitative estimate of drug-likeness (QED) is 0.246. The van der Waals surface area contributed by atoms with Crippen molar-refractivity contribution in [2.24, 2.45) is 0 Å². The zero-order chi connectivity index (χ0) is 34.2. The topological polar surface area (TPSA) is 99.6 Å². The minimum absolute atomic E-state index is 0.0751. The maximum absolute atomic E-state index is 12.6. The average molecular weight is 687 g/mol. The SMILES string of the molecule is CNc1nc(OC)nc2c1CCN(c1cccc3cccc(Cl)c13)C2.FC1CC2CCCN2C1.O=C(/C=C/c1ccncn1)N1CCCC1. The molecule has 3 fully saturated rings. The number of ether oxygens (including phenoxy) is 1. The molecule has 2 unspecified atom stereocenters. The number of nitrogens with zero attached hydrogens (tertiary/aromatic N) is 7. The molecule has 12 heteroatoms. The number of carbonyl (C=O) groups excluding carboxylic acids is 1. The van der Waals surface area contributed by atoms with Crippen molar-refractivity contribution < 1.29 is 13.9 Å². The molecule has 6 heterocycles. The number of rotatable bonds is 5. The van der Waals surface area contributed by atoms with E-state index in [4.69, 9.17) is 16.3 Å². The average Bonchev–Trinajstić information content (AvgIpc) is 3.90. The summed E-state index contributed by atoms with van der Waals surface area (Å²) in [6.07, 6.45) is 12.4. The van der Waals surface area contributed by atoms with E-state index >= 15 is 0 Å². The highest BCUT2D eigenvalue weighted by atomic mass is 35.5. The fourth-order valence-corrected chi connectivity index (χ4v) is 7.36. The maximum atomic E-state index is 12.6. The van der Waals surface area contributed by atoms with E-state index in [9.17, 15) is 9.18 Å². The first-order chi connectivity index (χ1) is 23.9. The van der Waals surface area contributed by atoms with Crippen molar-refractivity contribution in [1.29, 1.82) is 0 Å². The Morgan fingerprint density at radius 1 is 1.06 bits per heavy atom. The Hall–Kier alpha value is -4.35. The van der Waals surface area contributed by atoms with Crippen molar-refractivity contribution in [3.05, 3.63) is 83.0 Å². The second-order valence-corrected chi connectivity index (χ2v) is 13.1. The lowest BCUT2D eigenvalue weighted by atomic mass is 10.0. The molecule has 2 aromatic heterocycles. The van der Waals surface area contributed by atoms with Crippen molar-refractivity contribution in [3.63, 3.8) is 0 Å². The number of halogens is 2. The number of likely N-dealkylation sites (tertiary alicyclic amines) is 1. The fourth-order valence-electron chi connectivity index (χ4n) is 7.08. The number of hydrogen-bond acceptors (Lipinski definition) is 9. The standard InChI is InChI=1S/C19H19ClN4O.C11H13N3O.C7H12FN/c1-21-18-13-9-10-24(11-15(13)22-19(23-18)25-2)16-8-4-6-12-5-3-7-14(20)17(12)16;15-11(14-7-1-2-8-14)4-3-10-5-6-12-9-13-10;8-6-4-7-2-1-3-9(7)5-6/h3-8H,9-11H2,1-2H3,(H,21,22,23);3-6,9H,1-2,7-8H2;6-7H,1-5H2/b;4-3+;. The molecule has 4 aliphatic heterocycles. The van der Waals surface area contributed by atoms with E-state index < -0.39 is 6.17 Å². The van der Waals surface area contributed by atoms with Crippen LogP contribution in [0.3, 0.4) is 0 Å². The van der Waals surface area contributed by atoms with Crippen LogP contribution in [-0.2, 0) is 17.8 Å². The molecule has 4 aliphatic rings. The number of methoxy groups -OCH3 is 1. The molecule has 2 atom stereocenters. The van der Waals surface area contributed by atoms with Gasteiger partial charge in [0.05, 0.1) is 30.1 Å². The Kier molecular flexibility index (Phi) is 11.5. The van der Waals surface area contributed by atoms with Crippen LogP contribution in [0.25, 0.3) is 16.8 Å². The molecule has 0 saturated carbocycles. The molecule has 0 radical (unpaired) electrons. The molecule has 4 aromatic rings. The van der Waals surface area contributed by atoms with Crippen LogP contribution in [0.5, 0.6) is 6.01 Å². The van der Waals surface area contributed by atoms with E-state index in [1.165, 1.54) is 19.2 Å². The second kappa shape index (κ2) is 16.4. The van der Waals surface area contributed by atoms with Crippen molar-refractivity contribution >= 4 is 45.9 Å². The van der Waals surface area contributed by atoms with Gasteiger partial charge in [-0.05, 0) is 74.7 Å². The van der Waals surface area contributed by atoms with Gasteiger partial charge >= 0.3 is 6.01 Å². The van der Waals surface area contributed by atoms with Crippen LogP contribution in [0.2, 0.25) is 5.02 Å². The molecule has 10 nitrogen and oxygen atoms in total. The minimum atomic E-state index is -0.518. The molecular weight excluding hydrogens is 643 g/mol. The molecule has 8 rings (SSSR count). The van der Waals surface area contributed by atoms with Gasteiger partial charge < -0.3 is 19.9 Å². The molecule has 0 spiro atoms. The summed E-state index contributed by atoms with van der Waals surface area (Å²) in [7, 11) is 3.46. The molecule has 1 N–H and O–H groups in total. The van der Waals surface area contributed by atoms with Gasteiger partial charge in [0.25, 0.3) is 0 Å². The van der Waals surface area contributed by atoms with Crippen LogP contribution in [-0.4, -0.2) is 94.7 Å². The van der Waals surface area contributed by atoms with E-state index in [1.54, 1.807) is 31.5 Å². The van der Waals surface area contributed by atoms with E-state index in [0.29, 0.717) is 25.1 Å². The lowest BCUT2D eigenvalue weighted by molar-refractivity contribution is -0.124. The van der Waals surface area contributed by atoms with Crippen molar-refractivity contribution in [2.45, 2.75) is 57.3 Å². The molecule has 3 saturated heterocycles. The fraction of sp³-hybridized carbons (Fsp3) is 0.432. The third-order valence-electron chi connectivity index (χ3n) is 9.52. The van der Waals surface area contributed by atoms with Gasteiger partial charge in [0.2, 0.25) is 5.91 Å². The minimum Gasteiger partial charge on any atom is -0.467 e. The summed E-state index contributed by atoms with van der Waals surface area (Å²) >= 11 is 6.49. The molecule has 258 valence electrons. The lowest BCUT2D eigenvalue weighted by Crippen LogP contribution is -2.32.